The number of hydrogen-bond donors (Lipinski definition) is 0. The Morgan fingerprint density at radius 2 is 1.43 bits per heavy atom. The van der Waals surface area contributed by atoms with Gasteiger partial charge in [0.15, 0.2) is 0 Å². The van der Waals surface area contributed by atoms with Gasteiger partial charge in [-0.1, -0.05) is 0 Å². The molecule has 0 unspecified atom stereocenters. The maximum atomic E-state index is 9.27. The Bertz CT molecular complexity index is 145. The van der Waals surface area contributed by atoms with Gasteiger partial charge in [0.1, 0.15) is 0 Å². The van der Waals surface area contributed by atoms with Crippen molar-refractivity contribution in [2.24, 2.45) is 0 Å². The van der Waals surface area contributed by atoms with Crippen molar-refractivity contribution in [2.75, 3.05) is 0 Å². The summed E-state index contributed by atoms with van der Waals surface area (Å²) in [5.74, 6) is 0. The summed E-state index contributed by atoms with van der Waals surface area (Å²) in [6.07, 6.45) is 0. The van der Waals surface area contributed by atoms with Crippen molar-refractivity contribution in [3.63, 3.8) is 0 Å². The van der Waals surface area contributed by atoms with Crippen LogP contribution in [0.1, 0.15) is 0 Å². The second kappa shape index (κ2) is 5.06. The normalized spacial score (nSPS) is 9.86. The average molecular weight is 286 g/mol. The van der Waals surface area contributed by atoms with E-state index in [9.17, 15) is 11.5 Å². The zero-order chi connectivity index (χ0) is 5.21. The molecule has 0 heterocycles. The molecule has 0 saturated carbocycles. The molecule has 40 valence electrons. The molecule has 0 aliphatic carbocycles. The van der Waals surface area contributed by atoms with Crippen LogP contribution in [0.2, 0.25) is 0 Å². The van der Waals surface area contributed by atoms with Crippen LogP contribution in [0.5, 0.6) is 0 Å². The zero-order valence-corrected chi connectivity index (χ0v) is 5.73. The molecule has 7 heteroatoms. The topological polar surface area (TPSA) is 60.4 Å². The van der Waals surface area contributed by atoms with E-state index in [2.05, 4.69) is 2.15 Å². The van der Waals surface area contributed by atoms with Gasteiger partial charge < -0.3 is 0 Å². The van der Waals surface area contributed by atoms with Crippen molar-refractivity contribution in [3.8, 4) is 0 Å². The molecule has 0 bridgehead atoms. The fourth-order valence-electron chi connectivity index (χ4n) is 0. The third-order valence-electron chi connectivity index (χ3n) is 0.0714. The Labute approximate surface area is 98.6 Å². The Balaban J connectivity index is 0. The third-order valence-corrected chi connectivity index (χ3v) is 1.98. The van der Waals surface area contributed by atoms with Gasteiger partial charge in [0.25, 0.3) is 0 Å². The molecule has 0 radical (unpaired) electrons. The molecule has 0 aromatic carbocycles. The second-order valence-corrected chi connectivity index (χ2v) is 3.17. The van der Waals surface area contributed by atoms with Gasteiger partial charge in [-0.15, -0.1) is 0 Å². The average Bonchev–Trinajstić information content (AvgIpc) is 1.35. The molecule has 0 spiro atoms. The molecule has 0 aromatic heterocycles. The molecule has 0 aliphatic rings. The first-order valence-electron chi connectivity index (χ1n) is 0.772. The van der Waals surface area contributed by atoms with E-state index in [1.165, 1.54) is 0 Å². The Hall–Kier alpha value is 2.25. The predicted octanol–water partition coefficient (Wildman–Crippen LogP) is -0.190. The molecule has 0 N–H and O–H groups in total. The van der Waals surface area contributed by atoms with Gasteiger partial charge in [0, 0.05) is 0 Å². The monoisotopic (exact) mass is 286 g/mol. The van der Waals surface area contributed by atoms with Crippen LogP contribution in [0.4, 0.5) is 0 Å². The minimum absolute atomic E-state index is 0. The first-order valence-corrected chi connectivity index (χ1v) is 3.58. The van der Waals surface area contributed by atoms with E-state index >= 15 is 0 Å². The molecule has 0 rings (SSSR count). The van der Waals surface area contributed by atoms with E-state index < -0.39 is 13.0 Å². The molecular weight excluding hydrogens is 285 g/mol. The van der Waals surface area contributed by atoms with E-state index in [4.69, 9.17) is 0 Å². The van der Waals surface area contributed by atoms with E-state index in [1.807, 2.05) is 0 Å². The van der Waals surface area contributed by atoms with Crippen molar-refractivity contribution < 1.29 is 26.6 Å². The van der Waals surface area contributed by atoms with Crippen LogP contribution in [0.3, 0.4) is 0 Å². The SMILES string of the molecule is [KH].[O]=[Mn](=[O])(=[O])[O]I. The Morgan fingerprint density at radius 1 is 1.29 bits per heavy atom. The third kappa shape index (κ3) is 11.7. The molecule has 4 nitrogen and oxygen atoms in total. The quantitative estimate of drug-likeness (QED) is 0.495. The molecule has 0 aliphatic heterocycles. The van der Waals surface area contributed by atoms with Crippen LogP contribution in [-0.2, 0) is 26.6 Å². The summed E-state index contributed by atoms with van der Waals surface area (Å²) < 4.78 is 31.2. The van der Waals surface area contributed by atoms with Crippen molar-refractivity contribution in [3.05, 3.63) is 0 Å². The zero-order valence-electron chi connectivity index (χ0n) is 2.39. The molecule has 0 fully saturated rings. The Morgan fingerprint density at radius 3 is 1.43 bits per heavy atom. The molecule has 7 heavy (non-hydrogen) atoms. The maximum absolute atomic E-state index is 9.27. The standard InChI is InChI=1S/IO.K.Mn.3O.H/c1-2;;;;;;/q-1;;+1;;;;. The van der Waals surface area contributed by atoms with Gasteiger partial charge in [-0.25, -0.2) is 0 Å². The van der Waals surface area contributed by atoms with E-state index in [0.29, 0.717) is 0 Å². The van der Waals surface area contributed by atoms with Crippen molar-refractivity contribution in [2.45, 2.75) is 0 Å². The summed E-state index contributed by atoms with van der Waals surface area (Å²) in [6.45, 7) is 0. The molecule has 0 amide bonds. The van der Waals surface area contributed by atoms with Crippen molar-refractivity contribution in [1.82, 2.24) is 0 Å². The summed E-state index contributed by atoms with van der Waals surface area (Å²) in [5, 5.41) is 0. The van der Waals surface area contributed by atoms with Gasteiger partial charge in [-0.3, -0.25) is 0 Å². The number of hydrogen-bond acceptors (Lipinski definition) is 4. The van der Waals surface area contributed by atoms with Crippen LogP contribution in [0.15, 0.2) is 0 Å². The number of rotatable bonds is 1. The summed E-state index contributed by atoms with van der Waals surface area (Å²) in [6, 6.07) is 0. The molecular formula is HIKMnO4. The minimum atomic E-state index is -4.91. The number of halogens is 1. The second-order valence-electron chi connectivity index (χ2n) is 0.436. The van der Waals surface area contributed by atoms with Gasteiger partial charge in [-0.2, -0.15) is 0 Å². The van der Waals surface area contributed by atoms with Crippen LogP contribution in [0.25, 0.3) is 0 Å². The van der Waals surface area contributed by atoms with Crippen LogP contribution in [-0.4, -0.2) is 51.4 Å². The van der Waals surface area contributed by atoms with E-state index in [-0.39, 0.29) is 51.4 Å². The van der Waals surface area contributed by atoms with Crippen molar-refractivity contribution in [1.29, 1.82) is 0 Å². The predicted molar refractivity (Wildman–Crippen MR) is 24.3 cm³/mol. The molecule has 0 aromatic rings. The van der Waals surface area contributed by atoms with Crippen molar-refractivity contribution >= 4 is 74.4 Å². The summed E-state index contributed by atoms with van der Waals surface area (Å²) in [4.78, 5) is 0. The summed E-state index contributed by atoms with van der Waals surface area (Å²) >= 11 is -3.89. The van der Waals surface area contributed by atoms with Crippen LogP contribution >= 0.6 is 23.0 Å². The first kappa shape index (κ1) is 12.0. The van der Waals surface area contributed by atoms with E-state index in [0.717, 1.165) is 23.0 Å². The Kier molecular flexibility index (Phi) is 8.66. The van der Waals surface area contributed by atoms with Gasteiger partial charge in [-0.05, 0) is 0 Å². The molecule has 0 saturated heterocycles. The van der Waals surface area contributed by atoms with Crippen LogP contribution in [0, 0.1) is 0 Å². The summed E-state index contributed by atoms with van der Waals surface area (Å²) in [5.41, 5.74) is 0. The van der Waals surface area contributed by atoms with Gasteiger partial charge in [0.2, 0.25) is 0 Å². The van der Waals surface area contributed by atoms with Gasteiger partial charge in [0.05, 0.1) is 0 Å². The first-order chi connectivity index (χ1) is 2.56. The fourth-order valence-corrected chi connectivity index (χ4v) is 0. The van der Waals surface area contributed by atoms with Gasteiger partial charge >= 0.3 is 101 Å². The molecule has 0 atom stereocenters. The van der Waals surface area contributed by atoms with Crippen LogP contribution < -0.4 is 0 Å². The fraction of sp³-hybridized carbons (Fsp3) is 0. The van der Waals surface area contributed by atoms with E-state index in [1.54, 1.807) is 0 Å². The summed E-state index contributed by atoms with van der Waals surface area (Å²) in [7, 11) is 0.